The van der Waals surface area contributed by atoms with Crippen LogP contribution in [-0.4, -0.2) is 16.0 Å². The third kappa shape index (κ3) is 2.21. The van der Waals surface area contributed by atoms with Crippen molar-refractivity contribution >= 4 is 21.6 Å². The molecule has 15 heavy (non-hydrogen) atoms. The summed E-state index contributed by atoms with van der Waals surface area (Å²) in [6.45, 7) is 4.28. The monoisotopic (exact) mass is 266 g/mol. The van der Waals surface area contributed by atoms with Gasteiger partial charge >= 0.3 is 0 Å². The summed E-state index contributed by atoms with van der Waals surface area (Å²) in [6, 6.07) is 1.92. The number of ether oxygens (including phenoxy) is 1. The van der Waals surface area contributed by atoms with E-state index in [-0.39, 0.29) is 0 Å². The minimum Gasteiger partial charge on any atom is -0.489 e. The fraction of sp³-hybridized carbons (Fsp3) is 0.182. The van der Waals surface area contributed by atoms with Crippen molar-refractivity contribution in [3.8, 4) is 5.75 Å². The molecule has 0 aromatic carbocycles. The lowest BCUT2D eigenvalue weighted by Gasteiger charge is -2.06. The summed E-state index contributed by atoms with van der Waals surface area (Å²) in [5, 5.41) is 0. The van der Waals surface area contributed by atoms with E-state index in [1.165, 1.54) is 0 Å². The topological polar surface area (TPSA) is 26.5 Å². The van der Waals surface area contributed by atoms with Gasteiger partial charge in [0.05, 0.1) is 6.61 Å². The first-order valence-electron chi connectivity index (χ1n) is 4.67. The van der Waals surface area contributed by atoms with Crippen LogP contribution in [-0.2, 0) is 0 Å². The van der Waals surface area contributed by atoms with Crippen molar-refractivity contribution in [1.82, 2.24) is 9.38 Å². The van der Waals surface area contributed by atoms with E-state index in [2.05, 4.69) is 27.5 Å². The number of hydrogen-bond acceptors (Lipinski definition) is 2. The zero-order chi connectivity index (χ0) is 10.7. The maximum absolute atomic E-state index is 5.61. The Balaban J connectivity index is 2.31. The Bertz CT molecular complexity index is 478. The van der Waals surface area contributed by atoms with E-state index in [1.807, 2.05) is 28.9 Å². The first-order chi connectivity index (χ1) is 7.31. The second-order valence-electron chi connectivity index (χ2n) is 3.11. The van der Waals surface area contributed by atoms with Gasteiger partial charge in [0.25, 0.3) is 0 Å². The Labute approximate surface area is 96.5 Å². The van der Waals surface area contributed by atoms with Gasteiger partial charge < -0.3 is 9.14 Å². The molecule has 78 valence electrons. The van der Waals surface area contributed by atoms with Crippen LogP contribution >= 0.6 is 15.9 Å². The molecule has 0 fully saturated rings. The molecule has 0 saturated heterocycles. The first kappa shape index (κ1) is 10.2. The third-order valence-electron chi connectivity index (χ3n) is 2.00. The normalized spacial score (nSPS) is 10.5. The van der Waals surface area contributed by atoms with Crippen molar-refractivity contribution in [2.24, 2.45) is 0 Å². The summed E-state index contributed by atoms with van der Waals surface area (Å²) in [7, 11) is 0. The minimum absolute atomic E-state index is 0.627. The Kier molecular flexibility index (Phi) is 3.06. The number of halogens is 1. The first-order valence-corrected chi connectivity index (χ1v) is 5.46. The van der Waals surface area contributed by atoms with Gasteiger partial charge in [0.2, 0.25) is 0 Å². The lowest BCUT2D eigenvalue weighted by Crippen LogP contribution is -1.98. The van der Waals surface area contributed by atoms with Crippen LogP contribution in [0.4, 0.5) is 0 Å². The molecule has 0 atom stereocenters. The number of hydrogen-bond donors (Lipinski definition) is 0. The van der Waals surface area contributed by atoms with Gasteiger partial charge in [0, 0.05) is 23.1 Å². The van der Waals surface area contributed by atoms with Gasteiger partial charge in [-0.2, -0.15) is 0 Å². The molecule has 0 aliphatic carbocycles. The summed E-state index contributed by atoms with van der Waals surface area (Å²) >= 11 is 3.43. The van der Waals surface area contributed by atoms with Gasteiger partial charge in [-0.05, 0) is 28.4 Å². The number of rotatable bonds is 4. The maximum Gasteiger partial charge on any atom is 0.179 e. The molecule has 0 bridgehead atoms. The van der Waals surface area contributed by atoms with Crippen molar-refractivity contribution in [2.45, 2.75) is 6.42 Å². The molecular weight excluding hydrogens is 256 g/mol. The van der Waals surface area contributed by atoms with Gasteiger partial charge in [-0.25, -0.2) is 4.98 Å². The van der Waals surface area contributed by atoms with Crippen LogP contribution in [0.2, 0.25) is 0 Å². The number of nitrogens with zero attached hydrogens (tertiary/aromatic N) is 2. The molecule has 2 rings (SSSR count). The second kappa shape index (κ2) is 4.49. The third-order valence-corrected chi connectivity index (χ3v) is 2.43. The molecule has 0 aliphatic rings. The predicted octanol–water partition coefficient (Wildman–Crippen LogP) is 3.05. The molecular formula is C11H11BrN2O. The molecule has 0 unspecified atom stereocenters. The molecule has 0 saturated carbocycles. The van der Waals surface area contributed by atoms with Gasteiger partial charge in [-0.3, -0.25) is 0 Å². The van der Waals surface area contributed by atoms with Gasteiger partial charge in [0.1, 0.15) is 0 Å². The van der Waals surface area contributed by atoms with Crippen molar-refractivity contribution in [1.29, 1.82) is 0 Å². The van der Waals surface area contributed by atoms with Crippen LogP contribution < -0.4 is 4.74 Å². The molecule has 2 heterocycles. The summed E-state index contributed by atoms with van der Waals surface area (Å²) in [6.07, 6.45) is 8.26. The SMILES string of the molecule is C=CCCOc1cc(Br)cn2ccnc12. The van der Waals surface area contributed by atoms with E-state index in [0.29, 0.717) is 6.61 Å². The number of imidazole rings is 1. The van der Waals surface area contributed by atoms with E-state index in [9.17, 15) is 0 Å². The average molecular weight is 267 g/mol. The van der Waals surface area contributed by atoms with E-state index >= 15 is 0 Å². The highest BCUT2D eigenvalue weighted by Gasteiger charge is 2.04. The molecule has 2 aromatic heterocycles. The van der Waals surface area contributed by atoms with E-state index in [0.717, 1.165) is 22.3 Å². The zero-order valence-electron chi connectivity index (χ0n) is 8.19. The highest BCUT2D eigenvalue weighted by Crippen LogP contribution is 2.23. The fourth-order valence-corrected chi connectivity index (χ4v) is 1.75. The van der Waals surface area contributed by atoms with Crippen LogP contribution in [0.1, 0.15) is 6.42 Å². The van der Waals surface area contributed by atoms with E-state index < -0.39 is 0 Å². The van der Waals surface area contributed by atoms with Crippen LogP contribution in [0, 0.1) is 0 Å². The maximum atomic E-state index is 5.61. The van der Waals surface area contributed by atoms with E-state index in [4.69, 9.17) is 4.74 Å². The summed E-state index contributed by atoms with van der Waals surface area (Å²) in [4.78, 5) is 4.23. The quantitative estimate of drug-likeness (QED) is 0.628. The lowest BCUT2D eigenvalue weighted by atomic mass is 10.4. The molecule has 4 heteroatoms. The minimum atomic E-state index is 0.627. The van der Waals surface area contributed by atoms with Gasteiger partial charge in [-0.1, -0.05) is 6.08 Å². The van der Waals surface area contributed by atoms with Gasteiger partial charge in [0.15, 0.2) is 11.4 Å². The summed E-state index contributed by atoms with van der Waals surface area (Å²) in [5.74, 6) is 0.788. The largest absolute Gasteiger partial charge is 0.489 e. The molecule has 3 nitrogen and oxygen atoms in total. The summed E-state index contributed by atoms with van der Waals surface area (Å²) < 4.78 is 8.51. The second-order valence-corrected chi connectivity index (χ2v) is 4.02. The fourth-order valence-electron chi connectivity index (χ4n) is 1.33. The lowest BCUT2D eigenvalue weighted by molar-refractivity contribution is 0.326. The van der Waals surface area contributed by atoms with Crippen LogP contribution in [0.25, 0.3) is 5.65 Å². The Morgan fingerprint density at radius 2 is 2.47 bits per heavy atom. The molecule has 0 aliphatic heterocycles. The van der Waals surface area contributed by atoms with E-state index in [1.54, 1.807) is 6.20 Å². The molecule has 0 amide bonds. The van der Waals surface area contributed by atoms with Crippen molar-refractivity contribution in [3.05, 3.63) is 41.8 Å². The van der Waals surface area contributed by atoms with Crippen molar-refractivity contribution < 1.29 is 4.74 Å². The number of fused-ring (bicyclic) bond motifs is 1. The average Bonchev–Trinajstić information content (AvgIpc) is 2.65. The van der Waals surface area contributed by atoms with Crippen LogP contribution in [0.5, 0.6) is 5.75 Å². The molecule has 0 N–H and O–H groups in total. The highest BCUT2D eigenvalue weighted by molar-refractivity contribution is 9.10. The van der Waals surface area contributed by atoms with Crippen LogP contribution in [0.3, 0.4) is 0 Å². The zero-order valence-corrected chi connectivity index (χ0v) is 9.77. The molecule has 0 radical (unpaired) electrons. The standard InChI is InChI=1S/C11H11BrN2O/c1-2-3-6-15-10-7-9(12)8-14-5-4-13-11(10)14/h2,4-5,7-8H,1,3,6H2. The molecule has 2 aromatic rings. The Morgan fingerprint density at radius 3 is 3.27 bits per heavy atom. The van der Waals surface area contributed by atoms with Crippen molar-refractivity contribution in [3.63, 3.8) is 0 Å². The number of aromatic nitrogens is 2. The van der Waals surface area contributed by atoms with Gasteiger partial charge in [-0.15, -0.1) is 6.58 Å². The Hall–Kier alpha value is -1.29. The Morgan fingerprint density at radius 1 is 1.60 bits per heavy atom. The van der Waals surface area contributed by atoms with Crippen molar-refractivity contribution in [2.75, 3.05) is 6.61 Å². The summed E-state index contributed by atoms with van der Waals surface area (Å²) in [5.41, 5.74) is 0.835. The highest BCUT2D eigenvalue weighted by atomic mass is 79.9. The smallest absolute Gasteiger partial charge is 0.179 e. The van der Waals surface area contributed by atoms with Crippen LogP contribution in [0.15, 0.2) is 41.8 Å². The predicted molar refractivity (Wildman–Crippen MR) is 63.2 cm³/mol. The number of pyridine rings is 1. The molecule has 0 spiro atoms.